The van der Waals surface area contributed by atoms with Crippen LogP contribution < -0.4 is 5.11 Å². The molecule has 0 bridgehead atoms. The van der Waals surface area contributed by atoms with E-state index in [-0.39, 0.29) is 42.7 Å². The Morgan fingerprint density at radius 2 is 1.06 bits per heavy atom. The van der Waals surface area contributed by atoms with E-state index in [4.69, 9.17) is 14.2 Å². The third kappa shape index (κ3) is 31.3. The molecular weight excluding hydrogens is 630 g/mol. The van der Waals surface area contributed by atoms with E-state index in [1.807, 2.05) is 0 Å². The topological polar surface area (TPSA) is 102 Å². The van der Waals surface area contributed by atoms with E-state index in [2.05, 4.69) is 62.5 Å². The van der Waals surface area contributed by atoms with E-state index in [0.29, 0.717) is 12.8 Å². The Hall–Kier alpha value is -2.71. The zero-order valence-electron chi connectivity index (χ0n) is 32.5. The van der Waals surface area contributed by atoms with Gasteiger partial charge in [0, 0.05) is 19.3 Å². The number of carboxylic acids is 1. The molecule has 0 heterocycles. The molecule has 0 amide bonds. The molecule has 0 aromatic heterocycles. The highest BCUT2D eigenvalue weighted by Crippen LogP contribution is 2.13. The molecule has 0 aromatic carbocycles. The second-order valence-corrected chi connectivity index (χ2v) is 14.1. The molecule has 0 saturated carbocycles. The molecule has 0 N–H and O–H groups in total. The van der Waals surface area contributed by atoms with Crippen LogP contribution in [0.15, 0.2) is 48.6 Å². The van der Waals surface area contributed by atoms with Gasteiger partial charge in [0.2, 0.25) is 0 Å². The molecule has 0 rings (SSSR count). The van der Waals surface area contributed by atoms with Gasteiger partial charge in [-0.2, -0.15) is 0 Å². The van der Waals surface area contributed by atoms with Crippen molar-refractivity contribution < 1.29 is 38.2 Å². The maximum Gasteiger partial charge on any atom is 0.306 e. The van der Waals surface area contributed by atoms with Crippen LogP contribution in [0.1, 0.15) is 149 Å². The van der Waals surface area contributed by atoms with Crippen LogP contribution in [0, 0.1) is 0 Å². The van der Waals surface area contributed by atoms with Crippen molar-refractivity contribution in [3.63, 3.8) is 0 Å². The molecular formula is C42H73NO7. The lowest BCUT2D eigenvalue weighted by atomic mass is 10.1. The zero-order chi connectivity index (χ0) is 37.1. The molecule has 288 valence electrons. The molecule has 50 heavy (non-hydrogen) atoms. The molecule has 0 aliphatic heterocycles. The lowest BCUT2D eigenvalue weighted by Crippen LogP contribution is -2.55. The predicted octanol–water partition coefficient (Wildman–Crippen LogP) is 8.74. The summed E-state index contributed by atoms with van der Waals surface area (Å²) in [6.45, 7) is 4.40. The summed E-state index contributed by atoms with van der Waals surface area (Å²) in [6, 6.07) is -0.729. The number of unbranched alkanes of at least 4 members (excludes halogenated alkanes) is 12. The Kier molecular flexibility index (Phi) is 31.6. The Balaban J connectivity index is 4.44. The third-order valence-corrected chi connectivity index (χ3v) is 8.46. The normalized spacial score (nSPS) is 13.5. The minimum Gasteiger partial charge on any atom is -0.544 e. The summed E-state index contributed by atoms with van der Waals surface area (Å²) in [5.74, 6) is -1.77. The Bertz CT molecular complexity index is 964. The number of nitrogens with zero attached hydrogens (tertiary/aromatic N) is 1. The Morgan fingerprint density at radius 1 is 0.600 bits per heavy atom. The zero-order valence-corrected chi connectivity index (χ0v) is 32.5. The summed E-state index contributed by atoms with van der Waals surface area (Å²) in [5.41, 5.74) is 0. The van der Waals surface area contributed by atoms with Crippen LogP contribution in [0.25, 0.3) is 0 Å². The van der Waals surface area contributed by atoms with Crippen LogP contribution in [-0.4, -0.2) is 75.5 Å². The predicted molar refractivity (Wildman–Crippen MR) is 203 cm³/mol. The molecule has 8 heteroatoms. The number of esters is 2. The van der Waals surface area contributed by atoms with Crippen molar-refractivity contribution in [1.29, 1.82) is 0 Å². The van der Waals surface area contributed by atoms with Crippen LogP contribution in [0.4, 0.5) is 0 Å². The molecule has 0 aliphatic carbocycles. The number of quaternary nitrogens is 1. The summed E-state index contributed by atoms with van der Waals surface area (Å²) >= 11 is 0. The van der Waals surface area contributed by atoms with Gasteiger partial charge in [0.1, 0.15) is 12.6 Å². The van der Waals surface area contributed by atoms with E-state index >= 15 is 0 Å². The first-order chi connectivity index (χ1) is 24.1. The summed E-state index contributed by atoms with van der Waals surface area (Å²) in [7, 11) is 5.39. The summed E-state index contributed by atoms with van der Waals surface area (Å²) < 4.78 is 17.1. The average molecular weight is 704 g/mol. The number of aliphatic carboxylic acids is 1. The van der Waals surface area contributed by atoms with Gasteiger partial charge < -0.3 is 28.6 Å². The monoisotopic (exact) mass is 704 g/mol. The number of carbonyl (C=O) groups is 3. The number of ether oxygens (including phenoxy) is 3. The van der Waals surface area contributed by atoms with Gasteiger partial charge in [-0.3, -0.25) is 9.59 Å². The van der Waals surface area contributed by atoms with E-state index in [1.165, 1.54) is 25.7 Å². The molecule has 2 atom stereocenters. The van der Waals surface area contributed by atoms with Gasteiger partial charge >= 0.3 is 11.9 Å². The molecule has 0 fully saturated rings. The van der Waals surface area contributed by atoms with Crippen LogP contribution in [0.3, 0.4) is 0 Å². The quantitative estimate of drug-likeness (QED) is 0.0286. The molecule has 0 spiro atoms. The molecule has 2 unspecified atom stereocenters. The maximum atomic E-state index is 12.7. The van der Waals surface area contributed by atoms with Crippen molar-refractivity contribution in [3.05, 3.63) is 48.6 Å². The highest BCUT2D eigenvalue weighted by atomic mass is 16.6. The highest BCUT2D eigenvalue weighted by molar-refractivity contribution is 5.70. The fourth-order valence-electron chi connectivity index (χ4n) is 5.44. The molecule has 8 nitrogen and oxygen atoms in total. The van der Waals surface area contributed by atoms with E-state index < -0.39 is 18.1 Å². The van der Waals surface area contributed by atoms with Gasteiger partial charge in [-0.25, -0.2) is 0 Å². The van der Waals surface area contributed by atoms with Crippen LogP contribution in [0.5, 0.6) is 0 Å². The molecule has 0 saturated heterocycles. The lowest BCUT2D eigenvalue weighted by Gasteiger charge is -2.34. The van der Waals surface area contributed by atoms with Crippen molar-refractivity contribution in [2.75, 3.05) is 41.0 Å². The molecule has 0 aromatic rings. The second kappa shape index (κ2) is 33.4. The van der Waals surface area contributed by atoms with E-state index in [0.717, 1.165) is 89.9 Å². The van der Waals surface area contributed by atoms with Gasteiger partial charge in [-0.15, -0.1) is 0 Å². The van der Waals surface area contributed by atoms with Crippen molar-refractivity contribution >= 4 is 17.9 Å². The fourth-order valence-corrected chi connectivity index (χ4v) is 5.44. The minimum atomic E-state index is -1.13. The minimum absolute atomic E-state index is 0.0316. The number of rotatable bonds is 34. The van der Waals surface area contributed by atoms with E-state index in [9.17, 15) is 19.5 Å². The van der Waals surface area contributed by atoms with Crippen LogP contribution in [-0.2, 0) is 28.6 Å². The van der Waals surface area contributed by atoms with Gasteiger partial charge in [-0.1, -0.05) is 114 Å². The van der Waals surface area contributed by atoms with Crippen molar-refractivity contribution in [2.45, 2.75) is 161 Å². The summed E-state index contributed by atoms with van der Waals surface area (Å²) in [4.78, 5) is 36.7. The van der Waals surface area contributed by atoms with Crippen molar-refractivity contribution in [1.82, 2.24) is 0 Å². The molecule has 0 radical (unpaired) electrons. The van der Waals surface area contributed by atoms with Gasteiger partial charge in [0.25, 0.3) is 0 Å². The number of carbonyl (C=O) groups excluding carboxylic acids is 3. The number of likely N-dealkylation sites (N-methyl/N-ethyl adjacent to an activating group) is 1. The fraction of sp³-hybridized carbons (Fsp3) is 0.738. The van der Waals surface area contributed by atoms with Gasteiger partial charge in [-0.05, 0) is 64.2 Å². The first-order valence-electron chi connectivity index (χ1n) is 19.7. The first-order valence-corrected chi connectivity index (χ1v) is 19.7. The Morgan fingerprint density at radius 3 is 1.54 bits per heavy atom. The number of hydrogen-bond donors (Lipinski definition) is 0. The first kappa shape index (κ1) is 47.3. The number of carboxylic acid groups (broad SMARTS) is 1. The Labute approximate surface area is 306 Å². The van der Waals surface area contributed by atoms with Crippen LogP contribution in [0.2, 0.25) is 0 Å². The largest absolute Gasteiger partial charge is 0.544 e. The van der Waals surface area contributed by atoms with Gasteiger partial charge in [0.05, 0.1) is 40.3 Å². The number of hydrogen-bond acceptors (Lipinski definition) is 7. The maximum absolute atomic E-state index is 12.7. The average Bonchev–Trinajstić information content (AvgIpc) is 3.06. The SMILES string of the molecule is CC/C=C/C/C=C/CCCCCCCCCC(=O)OC(COCCC(C(=O)[O-])[N+](C)(C)C)COC(=O)CCCCCCC/C=C/C/C=C/CC. The summed E-state index contributed by atoms with van der Waals surface area (Å²) in [5, 5.41) is 11.6. The lowest BCUT2D eigenvalue weighted by molar-refractivity contribution is -0.889. The molecule has 0 aliphatic rings. The van der Waals surface area contributed by atoms with Crippen LogP contribution >= 0.6 is 0 Å². The highest BCUT2D eigenvalue weighted by Gasteiger charge is 2.25. The van der Waals surface area contributed by atoms with E-state index in [1.54, 1.807) is 21.1 Å². The smallest absolute Gasteiger partial charge is 0.306 e. The van der Waals surface area contributed by atoms with Gasteiger partial charge in [0.15, 0.2) is 6.10 Å². The standard InChI is InChI=1S/C42H73NO7/c1-6-8-10-12-14-16-18-20-21-23-25-27-29-31-33-41(45)50-38(36-48-35-34-39(42(46)47)43(3,4)5)37-49-40(44)32-30-28-26-24-22-19-17-15-13-11-9-7-2/h8-11,14-17,38-39H,6-7,12-13,18-37H2,1-5H3/b10-8+,11-9+,16-14+,17-15+. The van der Waals surface area contributed by atoms with Crippen molar-refractivity contribution in [3.8, 4) is 0 Å². The third-order valence-electron chi connectivity index (χ3n) is 8.46. The second-order valence-electron chi connectivity index (χ2n) is 14.1. The summed E-state index contributed by atoms with van der Waals surface area (Å²) in [6.07, 6.45) is 37.1. The number of allylic oxidation sites excluding steroid dienone is 8. The van der Waals surface area contributed by atoms with Crippen molar-refractivity contribution in [2.24, 2.45) is 0 Å².